The minimum atomic E-state index is -1.55. The summed E-state index contributed by atoms with van der Waals surface area (Å²) in [4.78, 5) is 96.7. The number of hydrogen-bond acceptors (Lipinski definition) is 10. The van der Waals surface area contributed by atoms with Gasteiger partial charge in [0.15, 0.2) is 0 Å². The van der Waals surface area contributed by atoms with Gasteiger partial charge in [0.2, 0.25) is 29.5 Å². The van der Waals surface area contributed by atoms with E-state index in [0.29, 0.717) is 30.7 Å². The third-order valence-corrected chi connectivity index (χ3v) is 12.6. The maximum absolute atomic E-state index is 14.7. The van der Waals surface area contributed by atoms with Gasteiger partial charge in [0.1, 0.15) is 37.3 Å². The molecule has 0 radical (unpaired) electrons. The fourth-order valence-electron chi connectivity index (χ4n) is 8.40. The highest BCUT2D eigenvalue weighted by Gasteiger charge is 2.39. The van der Waals surface area contributed by atoms with Crippen LogP contribution in [0.2, 0.25) is 0 Å². The fourth-order valence-corrected chi connectivity index (χ4v) is 8.40. The molecule has 0 bridgehead atoms. The molecule has 0 spiro atoms. The molecule has 0 unspecified atom stereocenters. The van der Waals surface area contributed by atoms with Crippen molar-refractivity contribution in [3.05, 3.63) is 71.8 Å². The lowest BCUT2D eigenvalue weighted by Gasteiger charge is -2.35. The Morgan fingerprint density at radius 1 is 0.681 bits per heavy atom. The minimum Gasteiger partial charge on any atom is -0.480 e. The molecule has 0 saturated heterocycles. The summed E-state index contributed by atoms with van der Waals surface area (Å²) >= 11 is 0. The highest BCUT2D eigenvalue weighted by Crippen LogP contribution is 2.28. The first-order chi connectivity index (χ1) is 32.9. The van der Waals surface area contributed by atoms with E-state index in [1.807, 2.05) is 50.2 Å². The summed E-state index contributed by atoms with van der Waals surface area (Å²) in [6.45, 7) is 10.1. The molecule has 2 aromatic rings. The van der Waals surface area contributed by atoms with Crippen LogP contribution in [0.15, 0.2) is 60.7 Å². The number of aliphatic carboxylic acids is 1. The SMILES string of the molecule is CC(C)CCCCCC[C@@H](O)[C@@H](C)C(=O)N(C)[C@@H](CC(C)C)C(=O)N[C@H](C(=O)N[C@@H](CNC(=O)OCc1ccccc1)C(=O)N[C@H](C(=O)NCC(=O)O)[C@H](C)OCc1ccccc1)C1CCCCC1. The van der Waals surface area contributed by atoms with E-state index in [1.165, 1.54) is 18.9 Å². The minimum absolute atomic E-state index is 0.0375. The Kier molecular flexibility index (Phi) is 25.8. The maximum Gasteiger partial charge on any atom is 0.407 e. The lowest BCUT2D eigenvalue weighted by atomic mass is 9.83. The number of benzene rings is 2. The van der Waals surface area contributed by atoms with Crippen LogP contribution >= 0.6 is 0 Å². The predicted octanol–water partition coefficient (Wildman–Crippen LogP) is 5.62. The van der Waals surface area contributed by atoms with Gasteiger partial charge in [0, 0.05) is 7.05 Å². The number of alkyl carbamates (subject to hydrolysis) is 1. The average molecular weight is 965 g/mol. The molecule has 1 fully saturated rings. The van der Waals surface area contributed by atoms with Crippen molar-refractivity contribution < 1.29 is 53.2 Å². The zero-order chi connectivity index (χ0) is 50.9. The number of ether oxygens (including phenoxy) is 2. The Balaban J connectivity index is 1.89. The summed E-state index contributed by atoms with van der Waals surface area (Å²) in [5.74, 6) is -5.33. The standard InChI is InChI=1S/C52H80N6O11/c1-34(2)21-13-8-9-20-28-43(59)36(5)51(66)58(7)42(29-35(3)4)48(63)57-46(40-26-18-12-19-27-40)50(65)55-41(30-54-52(67)69-33-39-24-16-11-17-25-39)47(62)56-45(49(64)53-31-44(60)61)37(6)68-32-38-22-14-10-15-23-38/h10-11,14-17,22-25,34-37,40-43,45-46,59H,8-9,12-13,18-21,26-33H2,1-7H3,(H,53,64)(H,54,67)(H,55,65)(H,56,62)(H,57,63)(H,60,61)/t36-,37+,41+,42+,43-,45+,46+/m1/s1. The number of carbonyl (C=O) groups is 7. The number of aliphatic hydroxyl groups is 1. The molecule has 1 saturated carbocycles. The molecular weight excluding hydrogens is 885 g/mol. The van der Waals surface area contributed by atoms with Gasteiger partial charge in [-0.05, 0) is 61.5 Å². The number of carboxylic acids is 1. The molecule has 7 N–H and O–H groups in total. The van der Waals surface area contributed by atoms with E-state index in [2.05, 4.69) is 40.4 Å². The van der Waals surface area contributed by atoms with Crippen LogP contribution in [0.5, 0.6) is 0 Å². The second-order valence-corrected chi connectivity index (χ2v) is 19.3. The lowest BCUT2D eigenvalue weighted by Crippen LogP contribution is -2.63. The third kappa shape index (κ3) is 21.3. The molecule has 1 aliphatic carbocycles. The second kappa shape index (κ2) is 30.8. The zero-order valence-corrected chi connectivity index (χ0v) is 41.9. The average Bonchev–Trinajstić information content (AvgIpc) is 3.33. The van der Waals surface area contributed by atoms with E-state index in [9.17, 15) is 43.8 Å². The Bertz CT molecular complexity index is 1900. The van der Waals surface area contributed by atoms with Gasteiger partial charge < -0.3 is 51.2 Å². The van der Waals surface area contributed by atoms with Gasteiger partial charge in [-0.15, -0.1) is 0 Å². The van der Waals surface area contributed by atoms with E-state index in [0.717, 1.165) is 56.9 Å². The first-order valence-electron chi connectivity index (χ1n) is 24.8. The smallest absolute Gasteiger partial charge is 0.407 e. The predicted molar refractivity (Wildman–Crippen MR) is 262 cm³/mol. The van der Waals surface area contributed by atoms with Crippen LogP contribution in [0.1, 0.15) is 130 Å². The van der Waals surface area contributed by atoms with Crippen molar-refractivity contribution >= 4 is 41.6 Å². The first-order valence-corrected chi connectivity index (χ1v) is 24.8. The van der Waals surface area contributed by atoms with Crippen molar-refractivity contribution in [3.8, 4) is 0 Å². The lowest BCUT2D eigenvalue weighted by molar-refractivity contribution is -0.146. The molecule has 6 amide bonds. The Hall–Kier alpha value is -5.55. The van der Waals surface area contributed by atoms with Crippen molar-refractivity contribution in [1.29, 1.82) is 0 Å². The van der Waals surface area contributed by atoms with Crippen LogP contribution in [0.25, 0.3) is 0 Å². The number of likely N-dealkylation sites (N-methyl/N-ethyl adjacent to an activating group) is 1. The van der Waals surface area contributed by atoms with Crippen LogP contribution in [-0.2, 0) is 51.5 Å². The largest absolute Gasteiger partial charge is 0.480 e. The van der Waals surface area contributed by atoms with Crippen molar-refractivity contribution in [2.45, 2.75) is 168 Å². The van der Waals surface area contributed by atoms with E-state index in [1.54, 1.807) is 31.2 Å². The number of carboxylic acid groups (broad SMARTS) is 1. The van der Waals surface area contributed by atoms with Gasteiger partial charge in [-0.2, -0.15) is 0 Å². The van der Waals surface area contributed by atoms with Crippen molar-refractivity contribution in [1.82, 2.24) is 31.5 Å². The summed E-state index contributed by atoms with van der Waals surface area (Å²) in [7, 11) is 1.54. The number of rotatable bonds is 30. The number of hydrogen-bond donors (Lipinski definition) is 7. The Morgan fingerprint density at radius 2 is 1.28 bits per heavy atom. The van der Waals surface area contributed by atoms with Crippen molar-refractivity contribution in [2.24, 2.45) is 23.7 Å². The maximum atomic E-state index is 14.7. The highest BCUT2D eigenvalue weighted by atomic mass is 16.5. The van der Waals surface area contributed by atoms with Crippen LogP contribution < -0.4 is 26.6 Å². The van der Waals surface area contributed by atoms with Gasteiger partial charge in [0.25, 0.3) is 0 Å². The van der Waals surface area contributed by atoms with E-state index in [4.69, 9.17) is 9.47 Å². The van der Waals surface area contributed by atoms with Gasteiger partial charge >= 0.3 is 12.1 Å². The number of carbonyl (C=O) groups excluding carboxylic acids is 6. The van der Waals surface area contributed by atoms with Crippen molar-refractivity contribution in [3.63, 3.8) is 0 Å². The summed E-state index contributed by atoms with van der Waals surface area (Å²) in [6, 6.07) is 12.8. The number of nitrogens with one attached hydrogen (secondary N) is 5. The molecule has 0 aliphatic heterocycles. The van der Waals surface area contributed by atoms with E-state index in [-0.39, 0.29) is 31.5 Å². The number of amides is 6. The topological polar surface area (TPSA) is 242 Å². The Labute approximate surface area is 409 Å². The van der Waals surface area contributed by atoms with Crippen LogP contribution in [0.3, 0.4) is 0 Å². The van der Waals surface area contributed by atoms with Crippen LogP contribution in [0.4, 0.5) is 4.79 Å². The summed E-state index contributed by atoms with van der Waals surface area (Å²) in [5.41, 5.74) is 1.48. The first kappa shape index (κ1) is 57.8. The van der Waals surface area contributed by atoms with E-state index >= 15 is 0 Å². The number of aliphatic hydroxyl groups excluding tert-OH is 1. The monoisotopic (exact) mass is 965 g/mol. The number of nitrogens with zero attached hydrogens (tertiary/aromatic N) is 1. The molecule has 7 atom stereocenters. The van der Waals surface area contributed by atoms with Gasteiger partial charge in [0.05, 0.1) is 31.3 Å². The van der Waals surface area contributed by atoms with Crippen LogP contribution in [0, 0.1) is 23.7 Å². The quantitative estimate of drug-likeness (QED) is 0.0474. The molecular formula is C52H80N6O11. The summed E-state index contributed by atoms with van der Waals surface area (Å²) in [5, 5.41) is 33.5. The Morgan fingerprint density at radius 3 is 1.86 bits per heavy atom. The van der Waals surface area contributed by atoms with Crippen molar-refractivity contribution in [2.75, 3.05) is 20.1 Å². The number of unbranched alkanes of at least 4 members (excludes halogenated alkanes) is 3. The molecule has 17 nitrogen and oxygen atoms in total. The molecule has 384 valence electrons. The third-order valence-electron chi connectivity index (χ3n) is 12.6. The summed E-state index contributed by atoms with van der Waals surface area (Å²) < 4.78 is 11.4. The van der Waals surface area contributed by atoms with Gasteiger partial charge in [-0.3, -0.25) is 28.8 Å². The normalized spacial score (nSPS) is 15.9. The van der Waals surface area contributed by atoms with Gasteiger partial charge in [-0.1, -0.05) is 147 Å². The molecule has 3 rings (SSSR count). The molecule has 0 heterocycles. The molecule has 2 aromatic carbocycles. The molecule has 1 aliphatic rings. The fraction of sp³-hybridized carbons (Fsp3) is 0.635. The molecule has 0 aromatic heterocycles. The van der Waals surface area contributed by atoms with Gasteiger partial charge in [-0.25, -0.2) is 4.79 Å². The molecule has 69 heavy (non-hydrogen) atoms. The van der Waals surface area contributed by atoms with Crippen LogP contribution in [-0.4, -0.2) is 113 Å². The second-order valence-electron chi connectivity index (χ2n) is 19.3. The molecule has 17 heteroatoms. The zero-order valence-electron chi connectivity index (χ0n) is 41.9. The van der Waals surface area contributed by atoms with E-state index < -0.39 is 97.0 Å². The highest BCUT2D eigenvalue weighted by molar-refractivity contribution is 5.96. The summed E-state index contributed by atoms with van der Waals surface area (Å²) in [6.07, 6.45) is 6.63.